The minimum absolute atomic E-state index is 0.0273. The molecule has 0 saturated carbocycles. The molecule has 0 saturated heterocycles. The van der Waals surface area contributed by atoms with Gasteiger partial charge in [-0.25, -0.2) is 0 Å². The molecule has 0 unspecified atom stereocenters. The number of amides is 1. The predicted octanol–water partition coefficient (Wildman–Crippen LogP) is 1.36. The van der Waals surface area contributed by atoms with Gasteiger partial charge in [-0.3, -0.25) is 14.9 Å². The monoisotopic (exact) mass is 230 g/mol. The molecule has 0 bridgehead atoms. The van der Waals surface area contributed by atoms with Crippen LogP contribution in [-0.4, -0.2) is 17.9 Å². The van der Waals surface area contributed by atoms with Crippen molar-refractivity contribution in [3.05, 3.63) is 32.8 Å². The van der Waals surface area contributed by atoms with Crippen LogP contribution in [0.5, 0.6) is 5.75 Å². The van der Waals surface area contributed by atoms with E-state index < -0.39 is 10.8 Å². The van der Waals surface area contributed by atoms with Gasteiger partial charge in [-0.2, -0.15) is 0 Å². The second-order valence-corrected chi connectivity index (χ2v) is 3.04. The van der Waals surface area contributed by atoms with Crippen molar-refractivity contribution in [2.24, 2.45) is 5.73 Å². The van der Waals surface area contributed by atoms with E-state index in [9.17, 15) is 14.9 Å². The number of hydrogen-bond acceptors (Lipinski definition) is 4. The van der Waals surface area contributed by atoms with Crippen molar-refractivity contribution in [1.29, 1.82) is 0 Å². The first-order valence-electron chi connectivity index (χ1n) is 3.79. The van der Waals surface area contributed by atoms with Crippen LogP contribution in [0.3, 0.4) is 0 Å². The maximum atomic E-state index is 11.0. The molecular weight excluding hydrogens is 224 g/mol. The number of methoxy groups -OCH3 is 1. The average molecular weight is 231 g/mol. The number of halogens is 1. The molecule has 0 aliphatic heterocycles. The van der Waals surface area contributed by atoms with Gasteiger partial charge in [0.15, 0.2) is 5.75 Å². The first-order valence-corrected chi connectivity index (χ1v) is 4.17. The van der Waals surface area contributed by atoms with E-state index in [0.717, 1.165) is 12.1 Å². The first-order chi connectivity index (χ1) is 6.97. The highest BCUT2D eigenvalue weighted by atomic mass is 35.5. The van der Waals surface area contributed by atoms with Crippen molar-refractivity contribution in [3.63, 3.8) is 0 Å². The molecule has 6 nitrogen and oxygen atoms in total. The maximum absolute atomic E-state index is 11.0. The summed E-state index contributed by atoms with van der Waals surface area (Å²) < 4.78 is 4.82. The molecule has 2 N–H and O–H groups in total. The lowest BCUT2D eigenvalue weighted by Gasteiger charge is -2.06. The molecule has 1 amide bonds. The molecule has 7 heteroatoms. The Labute approximate surface area is 89.7 Å². The topological polar surface area (TPSA) is 95.5 Å². The van der Waals surface area contributed by atoms with Crippen LogP contribution >= 0.6 is 11.6 Å². The average Bonchev–Trinajstić information content (AvgIpc) is 2.16. The fraction of sp³-hybridized carbons (Fsp3) is 0.125. The molecule has 1 aromatic carbocycles. The minimum Gasteiger partial charge on any atom is -0.494 e. The molecule has 15 heavy (non-hydrogen) atoms. The summed E-state index contributed by atoms with van der Waals surface area (Å²) in [5.41, 5.74) is 4.60. The minimum atomic E-state index is -0.836. The van der Waals surface area contributed by atoms with Crippen molar-refractivity contribution in [3.8, 4) is 5.75 Å². The Morgan fingerprint density at radius 1 is 1.60 bits per heavy atom. The van der Waals surface area contributed by atoms with E-state index in [1.165, 1.54) is 7.11 Å². The number of nitrogens with zero attached hydrogens (tertiary/aromatic N) is 1. The zero-order valence-corrected chi connectivity index (χ0v) is 8.45. The third kappa shape index (κ3) is 2.16. The molecule has 1 aromatic rings. The lowest BCUT2D eigenvalue weighted by atomic mass is 10.1. The predicted molar refractivity (Wildman–Crippen MR) is 53.2 cm³/mol. The highest BCUT2D eigenvalue weighted by Gasteiger charge is 2.19. The molecule has 0 spiro atoms. The van der Waals surface area contributed by atoms with Crippen molar-refractivity contribution in [2.75, 3.05) is 7.11 Å². The summed E-state index contributed by atoms with van der Waals surface area (Å²) in [6, 6.07) is 2.11. The van der Waals surface area contributed by atoms with Crippen LogP contribution in [0.15, 0.2) is 12.1 Å². The normalized spacial score (nSPS) is 9.73. The molecule has 0 fully saturated rings. The van der Waals surface area contributed by atoms with Crippen LogP contribution in [-0.2, 0) is 0 Å². The van der Waals surface area contributed by atoms with Gasteiger partial charge in [-0.05, 0) is 0 Å². The van der Waals surface area contributed by atoms with E-state index in [4.69, 9.17) is 22.1 Å². The number of carbonyl (C=O) groups excluding carboxylic acids is 1. The van der Waals surface area contributed by atoms with Crippen molar-refractivity contribution in [1.82, 2.24) is 0 Å². The van der Waals surface area contributed by atoms with Crippen LogP contribution in [0.2, 0.25) is 5.02 Å². The van der Waals surface area contributed by atoms with Crippen LogP contribution < -0.4 is 10.5 Å². The number of nitrogens with two attached hydrogens (primary N) is 1. The Kier molecular flexibility index (Phi) is 3.11. The highest BCUT2D eigenvalue weighted by molar-refractivity contribution is 6.33. The lowest BCUT2D eigenvalue weighted by Crippen LogP contribution is -2.13. The number of nitro benzene ring substituents is 1. The van der Waals surface area contributed by atoms with Crippen LogP contribution in [0.1, 0.15) is 10.4 Å². The number of hydrogen-bond donors (Lipinski definition) is 1. The third-order valence-corrected chi connectivity index (χ3v) is 1.99. The van der Waals surface area contributed by atoms with E-state index in [1.807, 2.05) is 0 Å². The van der Waals surface area contributed by atoms with Gasteiger partial charge < -0.3 is 10.5 Å². The van der Waals surface area contributed by atoms with E-state index >= 15 is 0 Å². The van der Waals surface area contributed by atoms with Gasteiger partial charge in [0.25, 0.3) is 11.6 Å². The van der Waals surface area contributed by atoms with Gasteiger partial charge >= 0.3 is 0 Å². The van der Waals surface area contributed by atoms with E-state index in [-0.39, 0.29) is 22.0 Å². The summed E-state index contributed by atoms with van der Waals surface area (Å²) in [7, 11) is 1.29. The van der Waals surface area contributed by atoms with Crippen LogP contribution in [0.25, 0.3) is 0 Å². The van der Waals surface area contributed by atoms with Gasteiger partial charge in [0.05, 0.1) is 22.6 Å². The van der Waals surface area contributed by atoms with Gasteiger partial charge in [-0.1, -0.05) is 11.6 Å². The number of nitro groups is 1. The Morgan fingerprint density at radius 3 is 2.60 bits per heavy atom. The number of non-ortho nitro benzene ring substituents is 1. The van der Waals surface area contributed by atoms with Gasteiger partial charge in [0, 0.05) is 12.1 Å². The van der Waals surface area contributed by atoms with Gasteiger partial charge in [0.2, 0.25) is 0 Å². The van der Waals surface area contributed by atoms with E-state index in [2.05, 4.69) is 0 Å². The third-order valence-electron chi connectivity index (χ3n) is 1.71. The number of ether oxygens (including phenoxy) is 1. The second-order valence-electron chi connectivity index (χ2n) is 2.63. The SMILES string of the molecule is COc1c(Cl)cc([N+](=O)[O-])cc1C(N)=O. The Balaban J connectivity index is 3.45. The highest BCUT2D eigenvalue weighted by Crippen LogP contribution is 2.32. The number of primary amides is 1. The molecular formula is C8H7ClN2O4. The Bertz CT molecular complexity index is 433. The molecule has 0 aliphatic carbocycles. The van der Waals surface area contributed by atoms with Crippen molar-refractivity contribution in [2.45, 2.75) is 0 Å². The van der Waals surface area contributed by atoms with E-state index in [1.54, 1.807) is 0 Å². The summed E-state index contributed by atoms with van der Waals surface area (Å²) in [5.74, 6) is -0.799. The summed E-state index contributed by atoms with van der Waals surface area (Å²) in [6.45, 7) is 0. The quantitative estimate of drug-likeness (QED) is 0.626. The molecule has 80 valence electrons. The summed E-state index contributed by atoms with van der Waals surface area (Å²) in [4.78, 5) is 20.8. The van der Waals surface area contributed by atoms with Gasteiger partial charge in [-0.15, -0.1) is 0 Å². The molecule has 0 atom stereocenters. The standard InChI is InChI=1S/C8H7ClN2O4/c1-15-7-5(8(10)12)2-4(11(13)14)3-6(7)9/h2-3H,1H3,(H2,10,12). The molecule has 0 aliphatic rings. The second kappa shape index (κ2) is 4.14. The van der Waals surface area contributed by atoms with Gasteiger partial charge in [0.1, 0.15) is 0 Å². The van der Waals surface area contributed by atoms with E-state index in [0.29, 0.717) is 0 Å². The van der Waals surface area contributed by atoms with Crippen LogP contribution in [0, 0.1) is 10.1 Å². The number of rotatable bonds is 3. The Morgan fingerprint density at radius 2 is 2.20 bits per heavy atom. The number of benzene rings is 1. The van der Waals surface area contributed by atoms with Crippen molar-refractivity contribution >= 4 is 23.2 Å². The lowest BCUT2D eigenvalue weighted by molar-refractivity contribution is -0.384. The smallest absolute Gasteiger partial charge is 0.271 e. The zero-order valence-electron chi connectivity index (χ0n) is 7.69. The Hall–Kier alpha value is -1.82. The fourth-order valence-electron chi connectivity index (χ4n) is 1.08. The maximum Gasteiger partial charge on any atom is 0.271 e. The summed E-state index contributed by atoms with van der Waals surface area (Å²) in [5, 5.41) is 10.5. The molecule has 0 aromatic heterocycles. The largest absolute Gasteiger partial charge is 0.494 e. The van der Waals surface area contributed by atoms with Crippen molar-refractivity contribution < 1.29 is 14.5 Å². The molecule has 0 heterocycles. The summed E-state index contributed by atoms with van der Waals surface area (Å²) in [6.07, 6.45) is 0. The van der Waals surface area contributed by atoms with Crippen LogP contribution in [0.4, 0.5) is 5.69 Å². The summed E-state index contributed by atoms with van der Waals surface area (Å²) >= 11 is 5.69. The first kappa shape index (κ1) is 11.3. The molecule has 0 radical (unpaired) electrons. The zero-order chi connectivity index (χ0) is 11.6. The number of carbonyl (C=O) groups is 1. The molecule has 1 rings (SSSR count). The fourth-order valence-corrected chi connectivity index (χ4v) is 1.37.